The quantitative estimate of drug-likeness (QED) is 0.608. The number of carbonyl (C=O) groups excluding carboxylic acids is 1. The maximum atomic E-state index is 12.3. The lowest BCUT2D eigenvalue weighted by atomic mass is 9.99. The third kappa shape index (κ3) is 4.28. The van der Waals surface area contributed by atoms with E-state index in [2.05, 4.69) is 17.1 Å². The minimum absolute atomic E-state index is 0.00626. The molecule has 7 heteroatoms. The first kappa shape index (κ1) is 17.7. The van der Waals surface area contributed by atoms with Crippen LogP contribution in [0.1, 0.15) is 43.0 Å². The Labute approximate surface area is 147 Å². The maximum absolute atomic E-state index is 12.3. The number of benzene rings is 1. The summed E-state index contributed by atoms with van der Waals surface area (Å²) in [7, 11) is 0. The highest BCUT2D eigenvalue weighted by molar-refractivity contribution is 5.95. The zero-order valence-electron chi connectivity index (χ0n) is 14.6. The van der Waals surface area contributed by atoms with Gasteiger partial charge in [-0.1, -0.05) is 6.92 Å². The molecule has 0 aromatic heterocycles. The van der Waals surface area contributed by atoms with E-state index in [-0.39, 0.29) is 17.6 Å². The highest BCUT2D eigenvalue weighted by Gasteiger charge is 2.29. The molecule has 0 radical (unpaired) electrons. The number of nitro groups is 1. The van der Waals surface area contributed by atoms with Crippen LogP contribution in [0.5, 0.6) is 0 Å². The second-order valence-corrected chi connectivity index (χ2v) is 7.37. The van der Waals surface area contributed by atoms with Gasteiger partial charge in [-0.2, -0.15) is 0 Å². The highest BCUT2D eigenvalue weighted by atomic mass is 16.6. The van der Waals surface area contributed by atoms with Gasteiger partial charge in [0.1, 0.15) is 5.69 Å². The minimum atomic E-state index is -0.401. The van der Waals surface area contributed by atoms with E-state index in [1.165, 1.54) is 6.07 Å². The molecule has 1 aliphatic heterocycles. The van der Waals surface area contributed by atoms with E-state index >= 15 is 0 Å². The Morgan fingerprint density at radius 1 is 1.44 bits per heavy atom. The molecule has 1 saturated heterocycles. The van der Waals surface area contributed by atoms with Crippen molar-refractivity contribution in [2.45, 2.75) is 38.6 Å². The van der Waals surface area contributed by atoms with Crippen molar-refractivity contribution in [3.05, 3.63) is 33.9 Å². The van der Waals surface area contributed by atoms with Crippen LogP contribution in [0.3, 0.4) is 0 Å². The second kappa shape index (κ2) is 7.39. The molecule has 2 unspecified atom stereocenters. The molecular weight excluding hydrogens is 320 g/mol. The molecule has 1 heterocycles. The fourth-order valence-electron chi connectivity index (χ4n) is 3.49. The van der Waals surface area contributed by atoms with E-state index in [0.29, 0.717) is 29.6 Å². The Bertz CT molecular complexity index is 660. The number of nitro benzene ring substituents is 1. The van der Waals surface area contributed by atoms with Crippen LogP contribution in [0.4, 0.5) is 11.4 Å². The van der Waals surface area contributed by atoms with Crippen molar-refractivity contribution in [3.63, 3.8) is 0 Å². The standard InChI is InChI=1S/C18H26N4O3/c1-12-3-2-8-21(11-12)16-7-6-14(9-17(16)22(24)25)18(23)20-10-15(19)13-4-5-13/h6-7,9,12-13,15H,2-5,8,10-11,19H2,1H3,(H,20,23). The van der Waals surface area contributed by atoms with Gasteiger partial charge in [0.15, 0.2) is 0 Å². The van der Waals surface area contributed by atoms with Crippen LogP contribution in [0.25, 0.3) is 0 Å². The van der Waals surface area contributed by atoms with Gasteiger partial charge >= 0.3 is 0 Å². The van der Waals surface area contributed by atoms with E-state index in [0.717, 1.165) is 38.8 Å². The Balaban J connectivity index is 1.73. The van der Waals surface area contributed by atoms with Crippen molar-refractivity contribution < 1.29 is 9.72 Å². The summed E-state index contributed by atoms with van der Waals surface area (Å²) < 4.78 is 0. The molecule has 1 saturated carbocycles. The molecular formula is C18H26N4O3. The third-order valence-corrected chi connectivity index (χ3v) is 5.16. The smallest absolute Gasteiger partial charge is 0.293 e. The molecule has 25 heavy (non-hydrogen) atoms. The van der Waals surface area contributed by atoms with E-state index in [4.69, 9.17) is 5.73 Å². The van der Waals surface area contributed by atoms with Crippen LogP contribution in [0, 0.1) is 22.0 Å². The monoisotopic (exact) mass is 346 g/mol. The number of rotatable bonds is 6. The van der Waals surface area contributed by atoms with Crippen molar-refractivity contribution in [1.29, 1.82) is 0 Å². The number of hydrogen-bond donors (Lipinski definition) is 2. The van der Waals surface area contributed by atoms with Gasteiger partial charge in [-0.15, -0.1) is 0 Å². The molecule has 2 atom stereocenters. The fourth-order valence-corrected chi connectivity index (χ4v) is 3.49. The van der Waals surface area contributed by atoms with E-state index < -0.39 is 4.92 Å². The van der Waals surface area contributed by atoms with Crippen LogP contribution in [-0.4, -0.2) is 36.5 Å². The molecule has 2 aliphatic rings. The van der Waals surface area contributed by atoms with Crippen molar-refractivity contribution in [3.8, 4) is 0 Å². The predicted octanol–water partition coefficient (Wildman–Crippen LogP) is 2.30. The molecule has 7 nitrogen and oxygen atoms in total. The van der Waals surface area contributed by atoms with Gasteiger partial charge in [0.25, 0.3) is 11.6 Å². The molecule has 3 N–H and O–H groups in total. The van der Waals surface area contributed by atoms with E-state index in [9.17, 15) is 14.9 Å². The molecule has 1 aliphatic carbocycles. The topological polar surface area (TPSA) is 102 Å². The molecule has 2 fully saturated rings. The summed E-state index contributed by atoms with van der Waals surface area (Å²) in [5, 5.41) is 14.3. The van der Waals surface area contributed by atoms with Crippen molar-refractivity contribution in [2.24, 2.45) is 17.6 Å². The summed E-state index contributed by atoms with van der Waals surface area (Å²) in [4.78, 5) is 25.5. The second-order valence-electron chi connectivity index (χ2n) is 7.37. The Morgan fingerprint density at radius 3 is 2.84 bits per heavy atom. The summed E-state index contributed by atoms with van der Waals surface area (Å²) in [5.74, 6) is 0.705. The number of anilines is 1. The summed E-state index contributed by atoms with van der Waals surface area (Å²) >= 11 is 0. The Kier molecular flexibility index (Phi) is 5.22. The van der Waals surface area contributed by atoms with Crippen LogP contribution in [-0.2, 0) is 0 Å². The molecule has 0 spiro atoms. The first-order valence-electron chi connectivity index (χ1n) is 9.03. The number of nitrogens with one attached hydrogen (secondary N) is 1. The van der Waals surface area contributed by atoms with Gasteiger partial charge in [0.05, 0.1) is 4.92 Å². The Hall–Kier alpha value is -2.15. The lowest BCUT2D eigenvalue weighted by Crippen LogP contribution is -2.38. The molecule has 136 valence electrons. The van der Waals surface area contributed by atoms with Crippen LogP contribution >= 0.6 is 0 Å². The number of amides is 1. The molecule has 1 amide bonds. The van der Waals surface area contributed by atoms with Crippen LogP contribution in [0.15, 0.2) is 18.2 Å². The lowest BCUT2D eigenvalue weighted by molar-refractivity contribution is -0.384. The zero-order valence-corrected chi connectivity index (χ0v) is 14.6. The van der Waals surface area contributed by atoms with Gasteiger partial charge in [0, 0.05) is 37.3 Å². The first-order valence-corrected chi connectivity index (χ1v) is 9.03. The summed E-state index contributed by atoms with van der Waals surface area (Å²) in [5.41, 5.74) is 6.89. The van der Waals surface area contributed by atoms with Crippen molar-refractivity contribution >= 4 is 17.3 Å². The summed E-state index contributed by atoms with van der Waals surface area (Å²) in [6.07, 6.45) is 4.41. The molecule has 1 aromatic rings. The van der Waals surface area contributed by atoms with E-state index in [1.54, 1.807) is 12.1 Å². The number of nitrogens with two attached hydrogens (primary N) is 1. The average molecular weight is 346 g/mol. The Morgan fingerprint density at radius 2 is 2.20 bits per heavy atom. The SMILES string of the molecule is CC1CCCN(c2ccc(C(=O)NCC(N)C3CC3)cc2[N+](=O)[O-])C1. The average Bonchev–Trinajstić information content (AvgIpc) is 3.44. The molecule has 1 aromatic carbocycles. The molecule has 0 bridgehead atoms. The summed E-state index contributed by atoms with van der Waals surface area (Å²) in [6.45, 7) is 4.18. The number of hydrogen-bond acceptors (Lipinski definition) is 5. The van der Waals surface area contributed by atoms with Crippen LogP contribution in [0.2, 0.25) is 0 Å². The lowest BCUT2D eigenvalue weighted by Gasteiger charge is -2.32. The fraction of sp³-hybridized carbons (Fsp3) is 0.611. The third-order valence-electron chi connectivity index (χ3n) is 5.16. The summed E-state index contributed by atoms with van der Waals surface area (Å²) in [6, 6.07) is 4.71. The van der Waals surface area contributed by atoms with Gasteiger partial charge in [0.2, 0.25) is 0 Å². The van der Waals surface area contributed by atoms with Gasteiger partial charge in [-0.3, -0.25) is 14.9 Å². The van der Waals surface area contributed by atoms with Gasteiger partial charge < -0.3 is 16.0 Å². The highest BCUT2D eigenvalue weighted by Crippen LogP contribution is 2.33. The van der Waals surface area contributed by atoms with Gasteiger partial charge in [-0.25, -0.2) is 0 Å². The number of piperidine rings is 1. The predicted molar refractivity (Wildman–Crippen MR) is 96.7 cm³/mol. The van der Waals surface area contributed by atoms with Gasteiger partial charge in [-0.05, 0) is 49.7 Å². The normalized spacial score (nSPS) is 21.7. The number of nitrogens with zero attached hydrogens (tertiary/aromatic N) is 2. The van der Waals surface area contributed by atoms with Crippen molar-refractivity contribution in [2.75, 3.05) is 24.5 Å². The molecule has 3 rings (SSSR count). The number of carbonyl (C=O) groups is 1. The van der Waals surface area contributed by atoms with Crippen molar-refractivity contribution in [1.82, 2.24) is 5.32 Å². The van der Waals surface area contributed by atoms with Crippen LogP contribution < -0.4 is 16.0 Å². The maximum Gasteiger partial charge on any atom is 0.293 e. The minimum Gasteiger partial charge on any atom is -0.366 e. The first-order chi connectivity index (χ1) is 12.0. The largest absolute Gasteiger partial charge is 0.366 e. The zero-order chi connectivity index (χ0) is 18.0. The van der Waals surface area contributed by atoms with E-state index in [1.807, 2.05) is 0 Å².